The maximum atomic E-state index is 12.9. The zero-order valence-electron chi connectivity index (χ0n) is 19.6. The summed E-state index contributed by atoms with van der Waals surface area (Å²) in [6.07, 6.45) is 0.765. The Morgan fingerprint density at radius 2 is 1.66 bits per heavy atom. The van der Waals surface area contributed by atoms with E-state index in [9.17, 15) is 8.42 Å². The minimum Gasteiger partial charge on any atom is -0.497 e. The molecule has 7 nitrogen and oxygen atoms in total. The second-order valence-electron chi connectivity index (χ2n) is 8.52. The van der Waals surface area contributed by atoms with Crippen LogP contribution >= 0.6 is 11.5 Å². The van der Waals surface area contributed by atoms with Crippen molar-refractivity contribution >= 4 is 43.1 Å². The minimum atomic E-state index is -3.69. The van der Waals surface area contributed by atoms with Crippen LogP contribution in [0.4, 0.5) is 11.5 Å². The first-order valence-electron chi connectivity index (χ1n) is 11.6. The Balaban J connectivity index is 1.20. The maximum absolute atomic E-state index is 12.9. The number of methoxy groups -OCH3 is 1. The number of anilines is 2. The molecule has 2 heterocycles. The Kier molecular flexibility index (Phi) is 6.90. The number of para-hydroxylation sites is 1. The number of nitrogens with zero attached hydrogens (tertiary/aromatic N) is 3. The molecule has 0 saturated carbocycles. The number of nitrogens with one attached hydrogen (secondary N) is 1. The predicted molar refractivity (Wildman–Crippen MR) is 142 cm³/mol. The maximum Gasteiger partial charge on any atom is 0.261 e. The van der Waals surface area contributed by atoms with Crippen molar-refractivity contribution in [3.05, 3.63) is 78.4 Å². The Morgan fingerprint density at radius 1 is 0.943 bits per heavy atom. The number of aromatic nitrogens is 1. The molecule has 5 rings (SSSR count). The van der Waals surface area contributed by atoms with Crippen LogP contribution in [0.3, 0.4) is 0 Å². The molecular weight excluding hydrogens is 480 g/mol. The van der Waals surface area contributed by atoms with Gasteiger partial charge in [0, 0.05) is 38.1 Å². The molecule has 0 atom stereocenters. The van der Waals surface area contributed by atoms with Gasteiger partial charge in [0.2, 0.25) is 0 Å². The van der Waals surface area contributed by atoms with Crippen molar-refractivity contribution in [2.45, 2.75) is 11.3 Å². The largest absolute Gasteiger partial charge is 0.497 e. The molecule has 1 N–H and O–H groups in total. The summed E-state index contributed by atoms with van der Waals surface area (Å²) in [7, 11) is -2.13. The van der Waals surface area contributed by atoms with Crippen LogP contribution in [0.15, 0.2) is 77.7 Å². The third-order valence-electron chi connectivity index (χ3n) is 6.36. The molecule has 0 amide bonds. The Bertz CT molecular complexity index is 1400. The average Bonchev–Trinajstić information content (AvgIpc) is 3.33. The minimum absolute atomic E-state index is 0.207. The van der Waals surface area contributed by atoms with Crippen LogP contribution in [-0.2, 0) is 16.4 Å². The lowest BCUT2D eigenvalue weighted by Gasteiger charge is -2.35. The molecule has 1 aromatic heterocycles. The topological polar surface area (TPSA) is 74.8 Å². The lowest BCUT2D eigenvalue weighted by molar-refractivity contribution is 0.261. The van der Waals surface area contributed by atoms with Crippen molar-refractivity contribution in [2.24, 2.45) is 0 Å². The summed E-state index contributed by atoms with van der Waals surface area (Å²) in [6, 6.07) is 22.4. The van der Waals surface area contributed by atoms with Gasteiger partial charge in [-0.15, -0.1) is 0 Å². The summed E-state index contributed by atoms with van der Waals surface area (Å²) in [4.78, 5) is 5.00. The molecule has 35 heavy (non-hydrogen) atoms. The molecule has 1 fully saturated rings. The predicted octanol–water partition coefficient (Wildman–Crippen LogP) is 4.47. The van der Waals surface area contributed by atoms with E-state index in [1.807, 2.05) is 24.3 Å². The third kappa shape index (κ3) is 5.27. The SMILES string of the molecule is COc1ccc(S(=O)(=O)Nc2ccccc2CCN2CCN(c3nsc4ccccc34)CC2)cc1. The van der Waals surface area contributed by atoms with Crippen LogP contribution in [0.5, 0.6) is 5.75 Å². The van der Waals surface area contributed by atoms with E-state index in [1.165, 1.54) is 10.1 Å². The van der Waals surface area contributed by atoms with E-state index in [-0.39, 0.29) is 4.90 Å². The van der Waals surface area contributed by atoms with Crippen LogP contribution in [0.2, 0.25) is 0 Å². The highest BCUT2D eigenvalue weighted by Crippen LogP contribution is 2.30. The van der Waals surface area contributed by atoms with E-state index in [0.717, 1.165) is 50.5 Å². The fourth-order valence-corrected chi connectivity index (χ4v) is 6.26. The molecule has 1 aliphatic heterocycles. The molecule has 3 aromatic carbocycles. The first-order chi connectivity index (χ1) is 17.0. The highest BCUT2D eigenvalue weighted by atomic mass is 32.2. The summed E-state index contributed by atoms with van der Waals surface area (Å²) in [5, 5.41) is 1.23. The average molecular weight is 509 g/mol. The molecule has 9 heteroatoms. The van der Waals surface area contributed by atoms with Crippen molar-refractivity contribution in [1.29, 1.82) is 0 Å². The zero-order chi connectivity index (χ0) is 24.3. The van der Waals surface area contributed by atoms with Gasteiger partial charge in [0.15, 0.2) is 0 Å². The number of hydrogen-bond donors (Lipinski definition) is 1. The van der Waals surface area contributed by atoms with Gasteiger partial charge in [0.25, 0.3) is 10.0 Å². The molecule has 0 bridgehead atoms. The van der Waals surface area contributed by atoms with Gasteiger partial charge in [-0.05, 0) is 66.0 Å². The number of piperazine rings is 1. The highest BCUT2D eigenvalue weighted by molar-refractivity contribution is 7.92. The first kappa shape index (κ1) is 23.6. The van der Waals surface area contributed by atoms with E-state index < -0.39 is 10.0 Å². The van der Waals surface area contributed by atoms with Gasteiger partial charge in [-0.3, -0.25) is 9.62 Å². The monoisotopic (exact) mass is 508 g/mol. The van der Waals surface area contributed by atoms with Gasteiger partial charge in [-0.1, -0.05) is 30.3 Å². The first-order valence-corrected chi connectivity index (χ1v) is 13.9. The van der Waals surface area contributed by atoms with E-state index in [2.05, 4.69) is 38.8 Å². The van der Waals surface area contributed by atoms with E-state index >= 15 is 0 Å². The summed E-state index contributed by atoms with van der Waals surface area (Å²) < 4.78 is 39.7. The Morgan fingerprint density at radius 3 is 2.43 bits per heavy atom. The summed E-state index contributed by atoms with van der Waals surface area (Å²) in [5.41, 5.74) is 1.61. The molecular formula is C26H28N4O3S2. The smallest absolute Gasteiger partial charge is 0.261 e. The lowest BCUT2D eigenvalue weighted by Crippen LogP contribution is -2.47. The van der Waals surface area contributed by atoms with Gasteiger partial charge in [-0.25, -0.2) is 8.42 Å². The fraction of sp³-hybridized carbons (Fsp3) is 0.269. The van der Waals surface area contributed by atoms with Crippen LogP contribution in [0.25, 0.3) is 10.1 Å². The molecule has 0 radical (unpaired) electrons. The van der Waals surface area contributed by atoms with Gasteiger partial charge in [-0.2, -0.15) is 4.37 Å². The second-order valence-corrected chi connectivity index (χ2v) is 11.0. The Hall–Kier alpha value is -3.14. The molecule has 4 aromatic rings. The van der Waals surface area contributed by atoms with Gasteiger partial charge in [0.1, 0.15) is 11.6 Å². The summed E-state index contributed by atoms with van der Waals surface area (Å²) >= 11 is 1.55. The molecule has 0 aliphatic carbocycles. The lowest BCUT2D eigenvalue weighted by atomic mass is 10.1. The standard InChI is InChI=1S/C26H28N4O3S2/c1-33-21-10-12-22(13-11-21)35(31,32)28-24-8-4-2-6-20(24)14-15-29-16-18-30(19-17-29)26-23-7-3-5-9-25(23)34-27-26/h2-13,28H,14-19H2,1H3. The van der Waals surface area contributed by atoms with Gasteiger partial charge in [0.05, 0.1) is 22.4 Å². The van der Waals surface area contributed by atoms with Crippen LogP contribution in [0.1, 0.15) is 5.56 Å². The zero-order valence-corrected chi connectivity index (χ0v) is 21.2. The molecule has 0 unspecified atom stereocenters. The molecule has 182 valence electrons. The van der Waals surface area contributed by atoms with E-state index in [0.29, 0.717) is 11.4 Å². The number of sulfonamides is 1. The second kappa shape index (κ2) is 10.2. The van der Waals surface area contributed by atoms with E-state index in [4.69, 9.17) is 9.11 Å². The van der Waals surface area contributed by atoms with Gasteiger partial charge < -0.3 is 9.64 Å². The van der Waals surface area contributed by atoms with Crippen molar-refractivity contribution in [1.82, 2.24) is 9.27 Å². The van der Waals surface area contributed by atoms with Crippen molar-refractivity contribution < 1.29 is 13.2 Å². The number of rotatable bonds is 8. The highest BCUT2D eigenvalue weighted by Gasteiger charge is 2.21. The number of fused-ring (bicyclic) bond motifs is 1. The number of benzene rings is 3. The van der Waals surface area contributed by atoms with Crippen molar-refractivity contribution in [2.75, 3.05) is 49.5 Å². The normalized spacial score (nSPS) is 14.8. The molecule has 0 spiro atoms. The Labute approximate surface area is 210 Å². The quantitative estimate of drug-likeness (QED) is 0.379. The van der Waals surface area contributed by atoms with E-state index in [1.54, 1.807) is 42.9 Å². The van der Waals surface area contributed by atoms with Crippen molar-refractivity contribution in [3.63, 3.8) is 0 Å². The summed E-state index contributed by atoms with van der Waals surface area (Å²) in [6.45, 7) is 4.63. The third-order valence-corrected chi connectivity index (χ3v) is 8.56. The summed E-state index contributed by atoms with van der Waals surface area (Å²) in [5.74, 6) is 1.70. The number of hydrogen-bond acceptors (Lipinski definition) is 7. The van der Waals surface area contributed by atoms with Crippen LogP contribution < -0.4 is 14.4 Å². The number of ether oxygens (including phenoxy) is 1. The van der Waals surface area contributed by atoms with Crippen LogP contribution in [0, 0.1) is 0 Å². The van der Waals surface area contributed by atoms with Crippen molar-refractivity contribution in [3.8, 4) is 5.75 Å². The molecule has 1 saturated heterocycles. The van der Waals surface area contributed by atoms with Gasteiger partial charge >= 0.3 is 0 Å². The molecule has 1 aliphatic rings. The fourth-order valence-electron chi connectivity index (χ4n) is 4.36. The van der Waals surface area contributed by atoms with Crippen LogP contribution in [-0.4, -0.2) is 57.5 Å².